The fourth-order valence-corrected chi connectivity index (χ4v) is 3.52. The molecule has 20 heavy (non-hydrogen) atoms. The molecule has 1 heterocycles. The Morgan fingerprint density at radius 2 is 2.30 bits per heavy atom. The van der Waals surface area contributed by atoms with Crippen LogP contribution in [0.3, 0.4) is 0 Å². The molecule has 2 aliphatic carbocycles. The van der Waals surface area contributed by atoms with Gasteiger partial charge in [0, 0.05) is 6.42 Å². The summed E-state index contributed by atoms with van der Waals surface area (Å²) >= 11 is 0. The maximum Gasteiger partial charge on any atom is 0.220 e. The summed E-state index contributed by atoms with van der Waals surface area (Å²) in [7, 11) is 0. The van der Waals surface area contributed by atoms with Crippen molar-refractivity contribution in [2.75, 3.05) is 6.61 Å². The summed E-state index contributed by atoms with van der Waals surface area (Å²) in [6, 6.07) is 0.0876. The maximum atomic E-state index is 11.8. The van der Waals surface area contributed by atoms with Crippen molar-refractivity contribution in [1.29, 1.82) is 0 Å². The van der Waals surface area contributed by atoms with Crippen LogP contribution in [0.15, 0.2) is 34.4 Å². The van der Waals surface area contributed by atoms with E-state index in [1.807, 2.05) is 6.92 Å². The van der Waals surface area contributed by atoms with Gasteiger partial charge in [-0.2, -0.15) is 0 Å². The molecule has 1 saturated heterocycles. The molecule has 0 saturated carbocycles. The number of rotatable bonds is 4. The zero-order chi connectivity index (χ0) is 14.1. The van der Waals surface area contributed by atoms with Gasteiger partial charge >= 0.3 is 0 Å². The van der Waals surface area contributed by atoms with Gasteiger partial charge in [0.15, 0.2) is 0 Å². The van der Waals surface area contributed by atoms with Crippen LogP contribution >= 0.6 is 0 Å². The molecule has 3 rings (SSSR count). The average molecular weight is 273 g/mol. The largest absolute Gasteiger partial charge is 0.373 e. The van der Waals surface area contributed by atoms with E-state index >= 15 is 0 Å². The molecule has 1 N–H and O–H groups in total. The lowest BCUT2D eigenvalue weighted by Gasteiger charge is -2.27. The number of carbonyl (C=O) groups is 1. The third-order valence-corrected chi connectivity index (χ3v) is 4.47. The summed E-state index contributed by atoms with van der Waals surface area (Å²) in [6.45, 7) is 4.97. The van der Waals surface area contributed by atoms with E-state index < -0.39 is 0 Å². The second-order valence-corrected chi connectivity index (χ2v) is 5.90. The van der Waals surface area contributed by atoms with Crippen molar-refractivity contribution >= 4 is 5.91 Å². The first-order valence-corrected chi connectivity index (χ1v) is 7.76. The summed E-state index contributed by atoms with van der Waals surface area (Å²) in [5.74, 6) is 0.148. The van der Waals surface area contributed by atoms with E-state index in [2.05, 4.69) is 24.4 Å². The third-order valence-electron chi connectivity index (χ3n) is 4.47. The fraction of sp³-hybridized carbons (Fsp3) is 0.588. The highest BCUT2D eigenvalue weighted by Crippen LogP contribution is 2.43. The monoisotopic (exact) mass is 273 g/mol. The number of amides is 1. The van der Waals surface area contributed by atoms with Crippen LogP contribution in [0.4, 0.5) is 0 Å². The van der Waals surface area contributed by atoms with Gasteiger partial charge in [-0.15, -0.1) is 0 Å². The molecule has 0 bridgehead atoms. The first-order valence-electron chi connectivity index (χ1n) is 7.76. The van der Waals surface area contributed by atoms with Crippen molar-refractivity contribution in [3.8, 4) is 0 Å². The first-order chi connectivity index (χ1) is 9.70. The molecule has 0 radical (unpaired) electrons. The molecule has 0 aromatic heterocycles. The van der Waals surface area contributed by atoms with Crippen molar-refractivity contribution in [1.82, 2.24) is 5.32 Å². The quantitative estimate of drug-likeness (QED) is 0.855. The smallest absolute Gasteiger partial charge is 0.220 e. The van der Waals surface area contributed by atoms with Gasteiger partial charge in [-0.3, -0.25) is 4.79 Å². The summed E-state index contributed by atoms with van der Waals surface area (Å²) in [4.78, 5) is 11.8. The number of hydrogen-bond donors (Lipinski definition) is 1. The van der Waals surface area contributed by atoms with Crippen molar-refractivity contribution in [2.45, 2.75) is 58.1 Å². The molecule has 3 heteroatoms. The van der Waals surface area contributed by atoms with Crippen molar-refractivity contribution < 1.29 is 9.53 Å². The van der Waals surface area contributed by atoms with Crippen LogP contribution in [0.25, 0.3) is 0 Å². The summed E-state index contributed by atoms with van der Waals surface area (Å²) in [6.07, 6.45) is 9.50. The molecule has 2 atom stereocenters. The molecule has 1 fully saturated rings. The summed E-state index contributed by atoms with van der Waals surface area (Å²) in [5.41, 5.74) is 5.56. The molecule has 108 valence electrons. The minimum absolute atomic E-state index is 0.0876. The van der Waals surface area contributed by atoms with Crippen LogP contribution in [0.2, 0.25) is 0 Å². The molecule has 0 aromatic rings. The highest BCUT2D eigenvalue weighted by molar-refractivity contribution is 5.77. The van der Waals surface area contributed by atoms with Crippen LogP contribution in [-0.4, -0.2) is 24.7 Å². The SMILES string of the molecule is CCCC(=O)NC(C)C1=CC=C2CCC3OCCC3=C21. The van der Waals surface area contributed by atoms with Crippen molar-refractivity contribution in [3.05, 3.63) is 34.4 Å². The molecule has 2 unspecified atom stereocenters. The number of hydrogen-bond acceptors (Lipinski definition) is 2. The van der Waals surface area contributed by atoms with Crippen molar-refractivity contribution in [2.24, 2.45) is 0 Å². The second-order valence-electron chi connectivity index (χ2n) is 5.90. The van der Waals surface area contributed by atoms with Gasteiger partial charge in [0.2, 0.25) is 5.91 Å². The van der Waals surface area contributed by atoms with Gasteiger partial charge in [0.1, 0.15) is 0 Å². The van der Waals surface area contributed by atoms with Crippen molar-refractivity contribution in [3.63, 3.8) is 0 Å². The Morgan fingerprint density at radius 3 is 3.10 bits per heavy atom. The number of allylic oxidation sites excluding steroid dienone is 3. The van der Waals surface area contributed by atoms with Crippen LogP contribution in [0.5, 0.6) is 0 Å². The van der Waals surface area contributed by atoms with Crippen LogP contribution in [0, 0.1) is 0 Å². The van der Waals surface area contributed by atoms with Gasteiger partial charge < -0.3 is 10.1 Å². The Balaban J connectivity index is 1.80. The van der Waals surface area contributed by atoms with Crippen LogP contribution in [0.1, 0.15) is 46.0 Å². The van der Waals surface area contributed by atoms with E-state index in [4.69, 9.17) is 4.74 Å². The predicted molar refractivity (Wildman–Crippen MR) is 79.3 cm³/mol. The van der Waals surface area contributed by atoms with Gasteiger partial charge in [-0.25, -0.2) is 0 Å². The summed E-state index contributed by atoms with van der Waals surface area (Å²) < 4.78 is 5.81. The molecule has 3 aliphatic rings. The molecular formula is C17H23NO2. The molecule has 1 aliphatic heterocycles. The zero-order valence-electron chi connectivity index (χ0n) is 12.4. The normalized spacial score (nSPS) is 25.8. The molecule has 1 amide bonds. The van der Waals surface area contributed by atoms with Gasteiger partial charge in [0.05, 0.1) is 18.8 Å². The third kappa shape index (κ3) is 2.35. The van der Waals surface area contributed by atoms with Gasteiger partial charge in [-0.05, 0) is 54.9 Å². The summed E-state index contributed by atoms with van der Waals surface area (Å²) in [5, 5.41) is 3.12. The molecule has 3 nitrogen and oxygen atoms in total. The topological polar surface area (TPSA) is 38.3 Å². The first kappa shape index (κ1) is 13.6. The Labute approximate surface area is 120 Å². The fourth-order valence-electron chi connectivity index (χ4n) is 3.52. The van der Waals surface area contributed by atoms with Gasteiger partial charge in [-0.1, -0.05) is 19.1 Å². The van der Waals surface area contributed by atoms with E-state index in [1.165, 1.54) is 22.3 Å². The van der Waals surface area contributed by atoms with E-state index in [0.717, 1.165) is 32.3 Å². The zero-order valence-corrected chi connectivity index (χ0v) is 12.4. The highest BCUT2D eigenvalue weighted by atomic mass is 16.5. The van der Waals surface area contributed by atoms with Crippen LogP contribution < -0.4 is 5.32 Å². The van der Waals surface area contributed by atoms with E-state index in [1.54, 1.807) is 0 Å². The number of carbonyl (C=O) groups excluding carboxylic acids is 1. The van der Waals surface area contributed by atoms with E-state index in [9.17, 15) is 4.79 Å². The molecule has 0 aromatic carbocycles. The minimum Gasteiger partial charge on any atom is -0.373 e. The standard InChI is InChI=1S/C17H23NO2/c1-3-4-16(19)18-11(2)13-7-5-12-6-8-15-14(17(12)13)9-10-20-15/h5,7,11,15H,3-4,6,8-10H2,1-2H3,(H,18,19). The lowest BCUT2D eigenvalue weighted by molar-refractivity contribution is -0.121. The van der Waals surface area contributed by atoms with E-state index in [0.29, 0.717) is 12.5 Å². The van der Waals surface area contributed by atoms with E-state index in [-0.39, 0.29) is 11.9 Å². The predicted octanol–water partition coefficient (Wildman–Crippen LogP) is 3.04. The number of nitrogens with one attached hydrogen (secondary N) is 1. The molecular weight excluding hydrogens is 250 g/mol. The Kier molecular flexibility index (Phi) is 3.79. The number of ether oxygens (including phenoxy) is 1. The Bertz CT molecular complexity index is 513. The highest BCUT2D eigenvalue weighted by Gasteiger charge is 2.34. The average Bonchev–Trinajstić information content (AvgIpc) is 3.04. The second kappa shape index (κ2) is 5.57. The Morgan fingerprint density at radius 1 is 1.45 bits per heavy atom. The lowest BCUT2D eigenvalue weighted by Crippen LogP contribution is -2.34. The van der Waals surface area contributed by atoms with Crippen LogP contribution in [-0.2, 0) is 9.53 Å². The van der Waals surface area contributed by atoms with Gasteiger partial charge in [0.25, 0.3) is 0 Å². The Hall–Kier alpha value is -1.35. The maximum absolute atomic E-state index is 11.8. The molecule has 0 spiro atoms. The number of fused-ring (bicyclic) bond motifs is 2. The lowest BCUT2D eigenvalue weighted by atomic mass is 9.82. The minimum atomic E-state index is 0.0876.